The van der Waals surface area contributed by atoms with Crippen LogP contribution >= 0.6 is 0 Å². The number of benzene rings is 1. The minimum absolute atomic E-state index is 0.0547. The summed E-state index contributed by atoms with van der Waals surface area (Å²) in [6.07, 6.45) is 1.12. The predicted molar refractivity (Wildman–Crippen MR) is 84.1 cm³/mol. The molecule has 0 aliphatic carbocycles. The van der Waals surface area contributed by atoms with Gasteiger partial charge < -0.3 is 10.7 Å². The van der Waals surface area contributed by atoms with Crippen molar-refractivity contribution in [2.24, 2.45) is 11.7 Å². The van der Waals surface area contributed by atoms with Crippen molar-refractivity contribution in [3.05, 3.63) is 39.9 Å². The summed E-state index contributed by atoms with van der Waals surface area (Å²) in [5, 5.41) is 0.660. The summed E-state index contributed by atoms with van der Waals surface area (Å²) in [6, 6.07) is 6.18. The number of nitrogens with two attached hydrogens (primary N) is 1. The Balaban J connectivity index is 1.91. The van der Waals surface area contributed by atoms with E-state index in [9.17, 15) is 4.79 Å². The Bertz CT molecular complexity index is 709. The lowest BCUT2D eigenvalue weighted by Crippen LogP contribution is -2.29. The van der Waals surface area contributed by atoms with Gasteiger partial charge in [-0.15, -0.1) is 0 Å². The van der Waals surface area contributed by atoms with E-state index in [2.05, 4.69) is 21.8 Å². The maximum atomic E-state index is 12.2. The summed E-state index contributed by atoms with van der Waals surface area (Å²) in [5.74, 6) is 1.29. The lowest BCUT2D eigenvalue weighted by molar-refractivity contribution is 0.249. The first kappa shape index (κ1) is 14.2. The SMILES string of the molecule is Cc1cccc2c(=O)[nH]c(CN3CC(CN)CC3C)nc12. The molecule has 1 aromatic heterocycles. The molecule has 1 aliphatic rings. The van der Waals surface area contributed by atoms with Crippen LogP contribution in [0, 0.1) is 12.8 Å². The molecule has 5 nitrogen and oxygen atoms in total. The van der Waals surface area contributed by atoms with Crippen molar-refractivity contribution >= 4 is 10.9 Å². The molecule has 0 spiro atoms. The number of aryl methyl sites for hydroxylation is 1. The average Bonchev–Trinajstić information content (AvgIpc) is 2.81. The van der Waals surface area contributed by atoms with E-state index in [1.807, 2.05) is 25.1 Å². The zero-order chi connectivity index (χ0) is 15.0. The number of aromatic amines is 1. The molecule has 0 saturated carbocycles. The zero-order valence-corrected chi connectivity index (χ0v) is 12.6. The number of aromatic nitrogens is 2. The van der Waals surface area contributed by atoms with Gasteiger partial charge in [0.2, 0.25) is 0 Å². The zero-order valence-electron chi connectivity index (χ0n) is 12.6. The van der Waals surface area contributed by atoms with E-state index in [1.165, 1.54) is 0 Å². The highest BCUT2D eigenvalue weighted by Gasteiger charge is 2.28. The Kier molecular flexibility index (Phi) is 3.78. The number of likely N-dealkylation sites (tertiary alicyclic amines) is 1. The Morgan fingerprint density at radius 3 is 3.00 bits per heavy atom. The summed E-state index contributed by atoms with van der Waals surface area (Å²) < 4.78 is 0. The third kappa shape index (κ3) is 2.71. The van der Waals surface area contributed by atoms with Crippen LogP contribution in [0.15, 0.2) is 23.0 Å². The monoisotopic (exact) mass is 286 g/mol. The number of rotatable bonds is 3. The van der Waals surface area contributed by atoms with Crippen LogP contribution in [0.2, 0.25) is 0 Å². The summed E-state index contributed by atoms with van der Waals surface area (Å²) in [6.45, 7) is 6.58. The molecule has 1 aliphatic heterocycles. The number of nitrogens with one attached hydrogen (secondary N) is 1. The minimum atomic E-state index is -0.0547. The predicted octanol–water partition coefficient (Wildman–Crippen LogP) is 1.40. The van der Waals surface area contributed by atoms with Crippen LogP contribution in [0.1, 0.15) is 24.7 Å². The van der Waals surface area contributed by atoms with Crippen LogP contribution in [0.4, 0.5) is 0 Å². The quantitative estimate of drug-likeness (QED) is 0.894. The van der Waals surface area contributed by atoms with Gasteiger partial charge in [0.1, 0.15) is 5.82 Å². The molecule has 2 heterocycles. The third-order valence-electron chi connectivity index (χ3n) is 4.46. The normalized spacial score (nSPS) is 23.0. The van der Waals surface area contributed by atoms with Crippen molar-refractivity contribution in [2.75, 3.05) is 13.1 Å². The van der Waals surface area contributed by atoms with E-state index in [0.717, 1.165) is 36.4 Å². The Hall–Kier alpha value is -1.72. The second-order valence-corrected chi connectivity index (χ2v) is 6.10. The van der Waals surface area contributed by atoms with Gasteiger partial charge in [-0.25, -0.2) is 4.98 Å². The van der Waals surface area contributed by atoms with Gasteiger partial charge in [-0.3, -0.25) is 9.69 Å². The van der Waals surface area contributed by atoms with Crippen LogP contribution in [0.5, 0.6) is 0 Å². The van der Waals surface area contributed by atoms with E-state index < -0.39 is 0 Å². The van der Waals surface area contributed by atoms with Crippen LogP contribution in [0.25, 0.3) is 10.9 Å². The number of para-hydroxylation sites is 1. The van der Waals surface area contributed by atoms with E-state index >= 15 is 0 Å². The van der Waals surface area contributed by atoms with Crippen molar-refractivity contribution in [2.45, 2.75) is 32.9 Å². The smallest absolute Gasteiger partial charge is 0.258 e. The number of hydrogen-bond donors (Lipinski definition) is 2. The lowest BCUT2D eigenvalue weighted by atomic mass is 10.1. The summed E-state index contributed by atoms with van der Waals surface area (Å²) >= 11 is 0. The molecule has 2 atom stereocenters. The summed E-state index contributed by atoms with van der Waals surface area (Å²) in [7, 11) is 0. The Morgan fingerprint density at radius 1 is 1.48 bits per heavy atom. The van der Waals surface area contributed by atoms with Gasteiger partial charge in [0.25, 0.3) is 5.56 Å². The highest BCUT2D eigenvalue weighted by molar-refractivity contribution is 5.80. The van der Waals surface area contributed by atoms with E-state index in [0.29, 0.717) is 23.9 Å². The van der Waals surface area contributed by atoms with Crippen LogP contribution < -0.4 is 11.3 Å². The maximum absolute atomic E-state index is 12.2. The van der Waals surface area contributed by atoms with Gasteiger partial charge in [-0.2, -0.15) is 0 Å². The van der Waals surface area contributed by atoms with Crippen LogP contribution in [0.3, 0.4) is 0 Å². The standard InChI is InChI=1S/C16H22N4O/c1-10-4-3-5-13-15(10)18-14(19-16(13)21)9-20-8-12(7-17)6-11(20)2/h3-5,11-12H,6-9,17H2,1-2H3,(H,18,19,21). The van der Waals surface area contributed by atoms with E-state index in [4.69, 9.17) is 5.73 Å². The highest BCUT2D eigenvalue weighted by Crippen LogP contribution is 2.23. The van der Waals surface area contributed by atoms with Crippen molar-refractivity contribution in [1.82, 2.24) is 14.9 Å². The summed E-state index contributed by atoms with van der Waals surface area (Å²) in [4.78, 5) is 22.1. The molecule has 2 unspecified atom stereocenters. The average molecular weight is 286 g/mol. The molecule has 5 heteroatoms. The lowest BCUT2D eigenvalue weighted by Gasteiger charge is -2.20. The minimum Gasteiger partial charge on any atom is -0.330 e. The molecule has 112 valence electrons. The molecular weight excluding hydrogens is 264 g/mol. The molecule has 1 fully saturated rings. The highest BCUT2D eigenvalue weighted by atomic mass is 16.1. The van der Waals surface area contributed by atoms with Crippen LogP contribution in [-0.4, -0.2) is 34.0 Å². The first-order valence-electron chi connectivity index (χ1n) is 7.51. The van der Waals surface area contributed by atoms with Crippen molar-refractivity contribution in [1.29, 1.82) is 0 Å². The van der Waals surface area contributed by atoms with E-state index in [-0.39, 0.29) is 5.56 Å². The molecule has 3 rings (SSSR count). The molecule has 3 N–H and O–H groups in total. The molecule has 2 aromatic rings. The van der Waals surface area contributed by atoms with Crippen molar-refractivity contribution in [3.8, 4) is 0 Å². The summed E-state index contributed by atoms with van der Waals surface area (Å²) in [5.41, 5.74) is 7.56. The molecule has 0 bridgehead atoms. The molecular formula is C16H22N4O. The molecule has 1 aromatic carbocycles. The maximum Gasteiger partial charge on any atom is 0.258 e. The topological polar surface area (TPSA) is 75.0 Å². The van der Waals surface area contributed by atoms with Gasteiger partial charge in [-0.1, -0.05) is 12.1 Å². The van der Waals surface area contributed by atoms with Gasteiger partial charge in [0, 0.05) is 12.6 Å². The van der Waals surface area contributed by atoms with Gasteiger partial charge in [0.15, 0.2) is 0 Å². The molecule has 0 amide bonds. The number of fused-ring (bicyclic) bond motifs is 1. The van der Waals surface area contributed by atoms with Crippen molar-refractivity contribution in [3.63, 3.8) is 0 Å². The fraction of sp³-hybridized carbons (Fsp3) is 0.500. The van der Waals surface area contributed by atoms with Gasteiger partial charge in [-0.05, 0) is 44.4 Å². The van der Waals surface area contributed by atoms with Gasteiger partial charge >= 0.3 is 0 Å². The van der Waals surface area contributed by atoms with Crippen molar-refractivity contribution < 1.29 is 0 Å². The Labute approximate surface area is 124 Å². The first-order valence-corrected chi connectivity index (χ1v) is 7.51. The molecule has 21 heavy (non-hydrogen) atoms. The molecule has 1 saturated heterocycles. The van der Waals surface area contributed by atoms with Crippen LogP contribution in [-0.2, 0) is 6.54 Å². The third-order valence-corrected chi connectivity index (χ3v) is 4.46. The second-order valence-electron chi connectivity index (χ2n) is 6.10. The number of hydrogen-bond acceptors (Lipinski definition) is 4. The number of nitrogens with zero attached hydrogens (tertiary/aromatic N) is 2. The first-order chi connectivity index (χ1) is 10.1. The second kappa shape index (κ2) is 5.58. The largest absolute Gasteiger partial charge is 0.330 e. The van der Waals surface area contributed by atoms with E-state index in [1.54, 1.807) is 0 Å². The fourth-order valence-corrected chi connectivity index (χ4v) is 3.23. The van der Waals surface area contributed by atoms with Gasteiger partial charge in [0.05, 0.1) is 17.4 Å². The fourth-order valence-electron chi connectivity index (χ4n) is 3.23. The Morgan fingerprint density at radius 2 is 2.29 bits per heavy atom. The number of H-pyrrole nitrogens is 1. The molecule has 0 radical (unpaired) electrons.